The average Bonchev–Trinajstić information content (AvgIpc) is 2.06. The molecule has 0 unspecified atom stereocenters. The maximum Gasteiger partial charge on any atom is 0.0255 e. The molecule has 0 aromatic carbocycles. The number of fused-ring (bicyclic) bond motifs is 2. The van der Waals surface area contributed by atoms with Gasteiger partial charge in [0, 0.05) is 12.1 Å². The van der Waals surface area contributed by atoms with Crippen molar-refractivity contribution in [1.29, 1.82) is 0 Å². The van der Waals surface area contributed by atoms with E-state index in [4.69, 9.17) is 11.8 Å². The molecule has 2 fully saturated rings. The van der Waals surface area contributed by atoms with Gasteiger partial charge < -0.3 is 0 Å². The molecule has 0 aliphatic carbocycles. The van der Waals surface area contributed by atoms with Gasteiger partial charge >= 0.3 is 0 Å². The van der Waals surface area contributed by atoms with Crippen LogP contribution in [0.5, 0.6) is 0 Å². The van der Waals surface area contributed by atoms with E-state index in [9.17, 15) is 0 Å². The van der Waals surface area contributed by atoms with E-state index in [1.165, 1.54) is 38.5 Å². The fraction of sp³-hybridized carbons (Fsp3) is 1.00. The number of hydrogen-bond donors (Lipinski definition) is 0. The van der Waals surface area contributed by atoms with Crippen molar-refractivity contribution in [3.05, 3.63) is 0 Å². The SMILES string of the molecule is ClN1[C@@H]2CCCC[C@H]1CC2. The summed E-state index contributed by atoms with van der Waals surface area (Å²) in [6.45, 7) is 0. The zero-order valence-corrected chi connectivity index (χ0v) is 6.98. The van der Waals surface area contributed by atoms with Gasteiger partial charge in [-0.15, -0.1) is 0 Å². The molecule has 0 N–H and O–H groups in total. The second-order valence-electron chi connectivity index (χ2n) is 3.51. The first-order chi connectivity index (χ1) is 4.88. The first kappa shape index (κ1) is 6.93. The van der Waals surface area contributed by atoms with Gasteiger partial charge in [0.05, 0.1) is 0 Å². The number of halogens is 1. The van der Waals surface area contributed by atoms with Crippen LogP contribution in [0.15, 0.2) is 0 Å². The summed E-state index contributed by atoms with van der Waals surface area (Å²) in [6, 6.07) is 1.43. The van der Waals surface area contributed by atoms with Crippen LogP contribution in [0.4, 0.5) is 0 Å². The molecule has 10 heavy (non-hydrogen) atoms. The molecule has 0 spiro atoms. The van der Waals surface area contributed by atoms with Crippen LogP contribution in [-0.4, -0.2) is 16.5 Å². The molecule has 2 atom stereocenters. The van der Waals surface area contributed by atoms with E-state index >= 15 is 0 Å². The van der Waals surface area contributed by atoms with Crippen LogP contribution in [0.2, 0.25) is 0 Å². The first-order valence-electron chi connectivity index (χ1n) is 4.32. The summed E-state index contributed by atoms with van der Waals surface area (Å²) in [5.74, 6) is 0. The van der Waals surface area contributed by atoms with Crippen LogP contribution in [-0.2, 0) is 0 Å². The second-order valence-corrected chi connectivity index (χ2v) is 3.90. The average molecular weight is 160 g/mol. The lowest BCUT2D eigenvalue weighted by molar-refractivity contribution is 0.347. The molecule has 1 nitrogen and oxygen atoms in total. The van der Waals surface area contributed by atoms with Crippen LogP contribution in [0.1, 0.15) is 38.5 Å². The number of rotatable bonds is 0. The Bertz CT molecular complexity index is 112. The van der Waals surface area contributed by atoms with Gasteiger partial charge in [0.25, 0.3) is 0 Å². The third-order valence-electron chi connectivity index (χ3n) is 2.86. The lowest BCUT2D eigenvalue weighted by atomic mass is 10.0. The highest BCUT2D eigenvalue weighted by molar-refractivity contribution is 6.13. The van der Waals surface area contributed by atoms with Crippen LogP contribution in [0, 0.1) is 0 Å². The molecule has 2 heterocycles. The summed E-state index contributed by atoms with van der Waals surface area (Å²) in [7, 11) is 0. The Balaban J connectivity index is 2.07. The van der Waals surface area contributed by atoms with Crippen molar-refractivity contribution in [2.24, 2.45) is 0 Å². The molecule has 58 valence electrons. The topological polar surface area (TPSA) is 3.24 Å². The Kier molecular flexibility index (Phi) is 1.88. The van der Waals surface area contributed by atoms with E-state index in [1.54, 1.807) is 0 Å². The third-order valence-corrected chi connectivity index (χ3v) is 3.41. The molecule has 2 aliphatic heterocycles. The Morgan fingerprint density at radius 2 is 1.40 bits per heavy atom. The highest BCUT2D eigenvalue weighted by Crippen LogP contribution is 2.35. The predicted octanol–water partition coefficient (Wildman–Crippen LogP) is 2.55. The Labute approximate surface area is 67.5 Å². The molecular formula is C8H14ClN. The lowest BCUT2D eigenvalue weighted by Crippen LogP contribution is -2.24. The Hall–Kier alpha value is 0.250. The molecule has 0 amide bonds. The minimum atomic E-state index is 0.717. The van der Waals surface area contributed by atoms with Crippen molar-refractivity contribution >= 4 is 11.8 Å². The standard InChI is InChI=1S/C8H14ClN/c9-10-7-3-1-2-4-8(10)6-5-7/h7-8H,1-6H2/t7-,8+. The minimum absolute atomic E-state index is 0.717. The van der Waals surface area contributed by atoms with Gasteiger partial charge in [-0.3, -0.25) is 0 Å². The molecule has 0 radical (unpaired) electrons. The van der Waals surface area contributed by atoms with E-state index in [1.807, 2.05) is 0 Å². The van der Waals surface area contributed by atoms with Gasteiger partial charge in [0.2, 0.25) is 0 Å². The van der Waals surface area contributed by atoms with Crippen LogP contribution >= 0.6 is 11.8 Å². The van der Waals surface area contributed by atoms with E-state index in [2.05, 4.69) is 4.42 Å². The second kappa shape index (κ2) is 2.71. The van der Waals surface area contributed by atoms with Crippen molar-refractivity contribution in [3.63, 3.8) is 0 Å². The summed E-state index contributed by atoms with van der Waals surface area (Å²) >= 11 is 6.12. The Morgan fingerprint density at radius 1 is 0.900 bits per heavy atom. The largest absolute Gasteiger partial charge is 0.214 e. The first-order valence-corrected chi connectivity index (χ1v) is 4.66. The summed E-state index contributed by atoms with van der Waals surface area (Å²) in [5.41, 5.74) is 0. The van der Waals surface area contributed by atoms with E-state index in [0.29, 0.717) is 12.1 Å². The van der Waals surface area contributed by atoms with Gasteiger partial charge in [-0.05, 0) is 37.5 Å². The maximum absolute atomic E-state index is 6.12. The molecule has 0 aromatic rings. The molecule has 2 aliphatic rings. The molecule has 2 saturated heterocycles. The fourth-order valence-electron chi connectivity index (χ4n) is 2.22. The molecule has 0 saturated carbocycles. The zero-order chi connectivity index (χ0) is 6.97. The van der Waals surface area contributed by atoms with Gasteiger partial charge in [-0.2, -0.15) is 0 Å². The maximum atomic E-state index is 6.12. The number of hydrogen-bond acceptors (Lipinski definition) is 1. The van der Waals surface area contributed by atoms with Crippen molar-refractivity contribution in [2.45, 2.75) is 50.6 Å². The lowest BCUT2D eigenvalue weighted by Gasteiger charge is -2.18. The predicted molar refractivity (Wildman–Crippen MR) is 43.0 cm³/mol. The van der Waals surface area contributed by atoms with Crippen molar-refractivity contribution in [1.82, 2.24) is 4.42 Å². The fourth-order valence-corrected chi connectivity index (χ4v) is 2.62. The summed E-state index contributed by atoms with van der Waals surface area (Å²) in [6.07, 6.45) is 8.14. The van der Waals surface area contributed by atoms with Gasteiger partial charge in [-0.25, -0.2) is 4.42 Å². The van der Waals surface area contributed by atoms with Gasteiger partial charge in [0.1, 0.15) is 0 Å². The monoisotopic (exact) mass is 159 g/mol. The van der Waals surface area contributed by atoms with Gasteiger partial charge in [0.15, 0.2) is 0 Å². The van der Waals surface area contributed by atoms with Crippen LogP contribution in [0.25, 0.3) is 0 Å². The van der Waals surface area contributed by atoms with Crippen molar-refractivity contribution < 1.29 is 0 Å². The van der Waals surface area contributed by atoms with Crippen LogP contribution in [0.3, 0.4) is 0 Å². The quantitative estimate of drug-likeness (QED) is 0.491. The van der Waals surface area contributed by atoms with E-state index in [0.717, 1.165) is 0 Å². The van der Waals surface area contributed by atoms with E-state index < -0.39 is 0 Å². The molecule has 2 heteroatoms. The summed E-state index contributed by atoms with van der Waals surface area (Å²) in [5, 5.41) is 0. The summed E-state index contributed by atoms with van der Waals surface area (Å²) in [4.78, 5) is 0. The van der Waals surface area contributed by atoms with Crippen LogP contribution < -0.4 is 0 Å². The van der Waals surface area contributed by atoms with Gasteiger partial charge in [-0.1, -0.05) is 12.8 Å². The third kappa shape index (κ3) is 1.06. The van der Waals surface area contributed by atoms with Crippen molar-refractivity contribution in [3.8, 4) is 0 Å². The van der Waals surface area contributed by atoms with E-state index in [-0.39, 0.29) is 0 Å². The molecule has 2 bridgehead atoms. The normalized spacial score (nSPS) is 41.7. The highest BCUT2D eigenvalue weighted by Gasteiger charge is 2.33. The minimum Gasteiger partial charge on any atom is -0.214 e. The molecule has 0 aromatic heterocycles. The smallest absolute Gasteiger partial charge is 0.0255 e. The molecular weight excluding hydrogens is 146 g/mol. The van der Waals surface area contributed by atoms with Crippen molar-refractivity contribution in [2.75, 3.05) is 0 Å². The highest BCUT2D eigenvalue weighted by atomic mass is 35.5. The Morgan fingerprint density at radius 3 is 1.90 bits per heavy atom. The molecule has 2 rings (SSSR count). The number of nitrogens with zero attached hydrogens (tertiary/aromatic N) is 1. The zero-order valence-electron chi connectivity index (χ0n) is 6.22. The summed E-state index contributed by atoms with van der Waals surface area (Å²) < 4.78 is 2.09.